The first-order valence-electron chi connectivity index (χ1n) is 5.21. The van der Waals surface area contributed by atoms with Crippen LogP contribution in [0.15, 0.2) is 16.8 Å². The fourth-order valence-corrected chi connectivity index (χ4v) is 1.95. The van der Waals surface area contributed by atoms with Gasteiger partial charge in [-0.3, -0.25) is 0 Å². The van der Waals surface area contributed by atoms with Crippen molar-refractivity contribution in [2.24, 2.45) is 7.05 Å². The minimum Gasteiger partial charge on any atom is -0.345 e. The average molecular weight is 248 g/mol. The minimum atomic E-state index is 0.459. The Hall–Kier alpha value is -1.74. The maximum absolute atomic E-state index is 8.81. The highest BCUT2D eigenvalue weighted by molar-refractivity contribution is 7.98. The van der Waals surface area contributed by atoms with Crippen LogP contribution in [-0.4, -0.2) is 20.5 Å². The molecule has 0 aliphatic carbocycles. The Kier molecular flexibility index (Phi) is 3.49. The highest BCUT2D eigenvalue weighted by atomic mass is 32.2. The average Bonchev–Trinajstić information content (AvgIpc) is 2.92. The predicted molar refractivity (Wildman–Crippen MR) is 65.3 cm³/mol. The monoisotopic (exact) mass is 248 g/mol. The van der Waals surface area contributed by atoms with Gasteiger partial charge in [-0.1, -0.05) is 12.1 Å². The van der Waals surface area contributed by atoms with E-state index in [0.29, 0.717) is 17.3 Å². The van der Waals surface area contributed by atoms with Gasteiger partial charge in [-0.05, 0) is 11.8 Å². The number of hydrogen-bond donors (Lipinski definition) is 0. The van der Waals surface area contributed by atoms with E-state index in [1.807, 2.05) is 11.6 Å². The topological polar surface area (TPSA) is 67.6 Å². The van der Waals surface area contributed by atoms with E-state index in [2.05, 4.69) is 23.1 Å². The second-order valence-electron chi connectivity index (χ2n) is 3.49. The predicted octanol–water partition coefficient (Wildman–Crippen LogP) is 2.20. The van der Waals surface area contributed by atoms with Gasteiger partial charge in [0.15, 0.2) is 5.82 Å². The van der Waals surface area contributed by atoms with Crippen LogP contribution in [0.3, 0.4) is 0 Å². The first-order chi connectivity index (χ1) is 8.24. The van der Waals surface area contributed by atoms with Gasteiger partial charge in [0.05, 0.1) is 11.3 Å². The van der Waals surface area contributed by atoms with Gasteiger partial charge in [0.2, 0.25) is 0 Å². The minimum absolute atomic E-state index is 0.459. The van der Waals surface area contributed by atoms with Crippen molar-refractivity contribution < 1.29 is 4.52 Å². The fraction of sp³-hybridized carbons (Fsp3) is 0.364. The second kappa shape index (κ2) is 5.06. The van der Waals surface area contributed by atoms with E-state index < -0.39 is 0 Å². The standard InChI is InChI=1S/C11H12N4OS/c1-3-17-7-10-13-11(16-14-10)9-4-8(5-12)6-15(9)2/h4,6H,3,7H2,1-2H3. The SMILES string of the molecule is CCSCc1noc(-c2cc(C#N)cn2C)n1. The quantitative estimate of drug-likeness (QED) is 0.829. The second-order valence-corrected chi connectivity index (χ2v) is 4.76. The van der Waals surface area contributed by atoms with Crippen molar-refractivity contribution in [2.45, 2.75) is 12.7 Å². The maximum atomic E-state index is 8.81. The Balaban J connectivity index is 2.24. The van der Waals surface area contributed by atoms with Crippen molar-refractivity contribution in [2.75, 3.05) is 5.75 Å². The molecule has 6 heteroatoms. The number of nitrogens with zero attached hydrogens (tertiary/aromatic N) is 4. The summed E-state index contributed by atoms with van der Waals surface area (Å²) < 4.78 is 6.99. The molecule has 2 heterocycles. The largest absolute Gasteiger partial charge is 0.345 e. The third kappa shape index (κ3) is 2.50. The number of aryl methyl sites for hydroxylation is 1. The molecule has 0 fully saturated rings. The zero-order valence-corrected chi connectivity index (χ0v) is 10.5. The molecular weight excluding hydrogens is 236 g/mol. The Bertz CT molecular complexity index is 552. The van der Waals surface area contributed by atoms with E-state index in [4.69, 9.17) is 9.78 Å². The number of thioether (sulfide) groups is 1. The molecule has 0 aliphatic rings. The van der Waals surface area contributed by atoms with Crippen LogP contribution in [0.4, 0.5) is 0 Å². The summed E-state index contributed by atoms with van der Waals surface area (Å²) in [4.78, 5) is 4.30. The van der Waals surface area contributed by atoms with Gasteiger partial charge in [0.25, 0.3) is 5.89 Å². The molecule has 0 aliphatic heterocycles. The van der Waals surface area contributed by atoms with Crippen LogP contribution in [0.1, 0.15) is 18.3 Å². The highest BCUT2D eigenvalue weighted by Crippen LogP contribution is 2.20. The lowest BCUT2D eigenvalue weighted by atomic mass is 10.3. The molecule has 0 spiro atoms. The molecule has 0 saturated heterocycles. The molecule has 0 bridgehead atoms. The van der Waals surface area contributed by atoms with Crippen molar-refractivity contribution in [1.29, 1.82) is 5.26 Å². The molecule has 0 N–H and O–H groups in total. The fourth-order valence-electron chi connectivity index (χ4n) is 1.45. The first kappa shape index (κ1) is 11.7. The molecule has 2 aromatic heterocycles. The van der Waals surface area contributed by atoms with Crippen molar-refractivity contribution in [3.63, 3.8) is 0 Å². The van der Waals surface area contributed by atoms with E-state index >= 15 is 0 Å². The van der Waals surface area contributed by atoms with Gasteiger partial charge >= 0.3 is 0 Å². The van der Waals surface area contributed by atoms with Gasteiger partial charge in [0, 0.05) is 13.2 Å². The highest BCUT2D eigenvalue weighted by Gasteiger charge is 2.13. The Labute approximate surface area is 103 Å². The van der Waals surface area contributed by atoms with Crippen molar-refractivity contribution in [3.05, 3.63) is 23.7 Å². The van der Waals surface area contributed by atoms with Crippen molar-refractivity contribution in [3.8, 4) is 17.7 Å². The molecule has 0 radical (unpaired) electrons. The molecule has 0 amide bonds. The molecular formula is C11H12N4OS. The summed E-state index contributed by atoms with van der Waals surface area (Å²) in [6.45, 7) is 2.09. The molecule has 0 saturated carbocycles. The van der Waals surface area contributed by atoms with Crippen LogP contribution in [0.25, 0.3) is 11.6 Å². The van der Waals surface area contributed by atoms with Crippen LogP contribution in [-0.2, 0) is 12.8 Å². The zero-order chi connectivity index (χ0) is 12.3. The Morgan fingerprint density at radius 1 is 1.59 bits per heavy atom. The van der Waals surface area contributed by atoms with Crippen LogP contribution >= 0.6 is 11.8 Å². The smallest absolute Gasteiger partial charge is 0.274 e. The van der Waals surface area contributed by atoms with Crippen molar-refractivity contribution in [1.82, 2.24) is 14.7 Å². The summed E-state index contributed by atoms with van der Waals surface area (Å²) in [5, 5.41) is 12.7. The molecule has 88 valence electrons. The third-order valence-corrected chi connectivity index (χ3v) is 3.13. The first-order valence-corrected chi connectivity index (χ1v) is 6.37. The molecule has 0 aromatic carbocycles. The number of rotatable bonds is 4. The third-order valence-electron chi connectivity index (χ3n) is 2.26. The van der Waals surface area contributed by atoms with Gasteiger partial charge in [0.1, 0.15) is 11.8 Å². The van der Waals surface area contributed by atoms with Crippen LogP contribution in [0.2, 0.25) is 0 Å². The van der Waals surface area contributed by atoms with Crippen LogP contribution in [0.5, 0.6) is 0 Å². The lowest BCUT2D eigenvalue weighted by Gasteiger charge is -1.94. The van der Waals surface area contributed by atoms with E-state index in [1.165, 1.54) is 0 Å². The summed E-state index contributed by atoms with van der Waals surface area (Å²) in [5.41, 5.74) is 1.35. The maximum Gasteiger partial charge on any atom is 0.274 e. The van der Waals surface area contributed by atoms with E-state index in [9.17, 15) is 0 Å². The normalized spacial score (nSPS) is 10.4. The molecule has 17 heavy (non-hydrogen) atoms. The lowest BCUT2D eigenvalue weighted by molar-refractivity contribution is 0.422. The molecule has 2 aromatic rings. The molecule has 0 atom stereocenters. The molecule has 2 rings (SSSR count). The summed E-state index contributed by atoms with van der Waals surface area (Å²) in [6.07, 6.45) is 1.74. The number of hydrogen-bond acceptors (Lipinski definition) is 5. The zero-order valence-electron chi connectivity index (χ0n) is 9.67. The molecule has 5 nitrogen and oxygen atoms in total. The van der Waals surface area contributed by atoms with Crippen LogP contribution < -0.4 is 0 Å². The number of nitriles is 1. The van der Waals surface area contributed by atoms with Gasteiger partial charge in [-0.2, -0.15) is 22.0 Å². The summed E-state index contributed by atoms with van der Waals surface area (Å²) in [7, 11) is 1.85. The van der Waals surface area contributed by atoms with Crippen molar-refractivity contribution >= 4 is 11.8 Å². The van der Waals surface area contributed by atoms with Gasteiger partial charge < -0.3 is 9.09 Å². The van der Waals surface area contributed by atoms with Gasteiger partial charge in [-0.25, -0.2) is 0 Å². The van der Waals surface area contributed by atoms with E-state index in [-0.39, 0.29) is 0 Å². The summed E-state index contributed by atoms with van der Waals surface area (Å²) in [5.74, 6) is 2.91. The van der Waals surface area contributed by atoms with E-state index in [1.54, 1.807) is 24.0 Å². The molecule has 0 unspecified atom stereocenters. The Morgan fingerprint density at radius 2 is 2.41 bits per heavy atom. The van der Waals surface area contributed by atoms with Gasteiger partial charge in [-0.15, -0.1) is 0 Å². The van der Waals surface area contributed by atoms with Crippen LogP contribution in [0, 0.1) is 11.3 Å². The Morgan fingerprint density at radius 3 is 3.06 bits per heavy atom. The number of aromatic nitrogens is 3. The summed E-state index contributed by atoms with van der Waals surface area (Å²) >= 11 is 1.74. The lowest BCUT2D eigenvalue weighted by Crippen LogP contribution is -1.90. The summed E-state index contributed by atoms with van der Waals surface area (Å²) in [6, 6.07) is 3.82. The van der Waals surface area contributed by atoms with E-state index in [0.717, 1.165) is 17.2 Å².